The van der Waals surface area contributed by atoms with Crippen LogP contribution in [0.2, 0.25) is 0 Å². The Kier molecular flexibility index (Phi) is 7.10. The van der Waals surface area contributed by atoms with Crippen LogP contribution in [0, 0.1) is 0 Å². The fourth-order valence-corrected chi connectivity index (χ4v) is 4.42. The minimum absolute atomic E-state index is 0.104. The van der Waals surface area contributed by atoms with Gasteiger partial charge in [0, 0.05) is 31.9 Å². The lowest BCUT2D eigenvalue weighted by Crippen LogP contribution is -2.22. The van der Waals surface area contributed by atoms with Crippen LogP contribution in [0.15, 0.2) is 84.0 Å². The number of nitrogens with zero attached hydrogens (tertiary/aromatic N) is 3. The number of fused-ring (bicyclic) bond motifs is 1. The maximum atomic E-state index is 12.6. The van der Waals surface area contributed by atoms with E-state index in [1.54, 1.807) is 38.4 Å². The fraction of sp³-hybridized carbons (Fsp3) is 0.192. The summed E-state index contributed by atoms with van der Waals surface area (Å²) in [6.07, 6.45) is 0.883. The number of hydrogen-bond acceptors (Lipinski definition) is 4. The third kappa shape index (κ3) is 5.62. The van der Waals surface area contributed by atoms with Crippen LogP contribution in [0.4, 0.5) is 5.69 Å². The van der Waals surface area contributed by atoms with Gasteiger partial charge in [0.1, 0.15) is 0 Å². The van der Waals surface area contributed by atoms with Gasteiger partial charge in [-0.05, 0) is 42.3 Å². The highest BCUT2D eigenvalue weighted by Gasteiger charge is 2.14. The van der Waals surface area contributed by atoms with Crippen molar-refractivity contribution < 1.29 is 9.59 Å². The van der Waals surface area contributed by atoms with E-state index in [9.17, 15) is 9.59 Å². The van der Waals surface area contributed by atoms with Crippen molar-refractivity contribution in [2.24, 2.45) is 0 Å². The van der Waals surface area contributed by atoms with Gasteiger partial charge < -0.3 is 14.8 Å². The Bertz CT molecular complexity index is 1270. The molecular formula is C26H26N4O2S. The van der Waals surface area contributed by atoms with Gasteiger partial charge in [-0.15, -0.1) is 0 Å². The second kappa shape index (κ2) is 10.4. The first-order chi connectivity index (χ1) is 16.0. The SMILES string of the molecule is CN(C)C(=O)c1cccc(NC(=O)CSc2nc3ccccc3n2CCc2ccccc2)c1. The van der Waals surface area contributed by atoms with E-state index in [-0.39, 0.29) is 17.6 Å². The summed E-state index contributed by atoms with van der Waals surface area (Å²) in [5.41, 5.74) is 4.38. The van der Waals surface area contributed by atoms with Gasteiger partial charge in [-0.25, -0.2) is 4.98 Å². The maximum absolute atomic E-state index is 12.6. The number of carbonyl (C=O) groups is 2. The number of aryl methyl sites for hydroxylation is 2. The van der Waals surface area contributed by atoms with Crippen LogP contribution in [0.5, 0.6) is 0 Å². The lowest BCUT2D eigenvalue weighted by Gasteiger charge is -2.12. The molecule has 0 spiro atoms. The van der Waals surface area contributed by atoms with Gasteiger partial charge in [0.25, 0.3) is 5.91 Å². The molecule has 0 atom stereocenters. The number of thioether (sulfide) groups is 1. The third-order valence-electron chi connectivity index (χ3n) is 5.22. The molecule has 0 saturated heterocycles. The number of aromatic nitrogens is 2. The molecule has 0 saturated carbocycles. The Morgan fingerprint density at radius 1 is 0.970 bits per heavy atom. The van der Waals surface area contributed by atoms with E-state index >= 15 is 0 Å². The van der Waals surface area contributed by atoms with Crippen LogP contribution in [-0.4, -0.2) is 46.1 Å². The predicted molar refractivity (Wildman–Crippen MR) is 134 cm³/mol. The lowest BCUT2D eigenvalue weighted by molar-refractivity contribution is -0.113. The third-order valence-corrected chi connectivity index (χ3v) is 6.19. The zero-order valence-corrected chi connectivity index (χ0v) is 19.5. The van der Waals surface area contributed by atoms with E-state index in [1.165, 1.54) is 22.2 Å². The summed E-state index contributed by atoms with van der Waals surface area (Å²) >= 11 is 1.42. The Balaban J connectivity index is 1.45. The van der Waals surface area contributed by atoms with Crippen molar-refractivity contribution in [2.75, 3.05) is 25.2 Å². The van der Waals surface area contributed by atoms with E-state index in [1.807, 2.05) is 36.4 Å². The molecule has 6 nitrogen and oxygen atoms in total. The van der Waals surface area contributed by atoms with Gasteiger partial charge in [-0.2, -0.15) is 0 Å². The van der Waals surface area contributed by atoms with Crippen LogP contribution in [-0.2, 0) is 17.8 Å². The normalized spacial score (nSPS) is 10.8. The monoisotopic (exact) mass is 458 g/mol. The zero-order chi connectivity index (χ0) is 23.2. The highest BCUT2D eigenvalue weighted by Crippen LogP contribution is 2.25. The first-order valence-corrected chi connectivity index (χ1v) is 11.7. The molecule has 7 heteroatoms. The van der Waals surface area contributed by atoms with Gasteiger partial charge in [-0.3, -0.25) is 9.59 Å². The van der Waals surface area contributed by atoms with Crippen molar-refractivity contribution in [2.45, 2.75) is 18.1 Å². The molecular weight excluding hydrogens is 432 g/mol. The highest BCUT2D eigenvalue weighted by molar-refractivity contribution is 7.99. The molecule has 168 valence electrons. The number of para-hydroxylation sites is 2. The number of nitrogens with one attached hydrogen (secondary N) is 1. The summed E-state index contributed by atoms with van der Waals surface area (Å²) in [7, 11) is 3.40. The van der Waals surface area contributed by atoms with Crippen molar-refractivity contribution in [1.82, 2.24) is 14.5 Å². The number of amides is 2. The number of benzene rings is 3. The highest BCUT2D eigenvalue weighted by atomic mass is 32.2. The van der Waals surface area contributed by atoms with Crippen LogP contribution in [0.3, 0.4) is 0 Å². The van der Waals surface area contributed by atoms with Gasteiger partial charge in [-0.1, -0.05) is 60.3 Å². The molecule has 0 aliphatic carbocycles. The molecule has 0 aliphatic heterocycles. The Labute approximate surface area is 197 Å². The summed E-state index contributed by atoms with van der Waals surface area (Å²) in [5, 5.41) is 3.71. The van der Waals surface area contributed by atoms with E-state index in [2.05, 4.69) is 28.1 Å². The number of rotatable bonds is 8. The largest absolute Gasteiger partial charge is 0.345 e. The quantitative estimate of drug-likeness (QED) is 0.388. The Morgan fingerprint density at radius 2 is 1.73 bits per heavy atom. The zero-order valence-electron chi connectivity index (χ0n) is 18.7. The summed E-state index contributed by atoms with van der Waals surface area (Å²) in [6.45, 7) is 0.781. The number of hydrogen-bond donors (Lipinski definition) is 1. The molecule has 4 aromatic rings. The standard InChI is InChI=1S/C26H26N4O2S/c1-29(2)25(32)20-11-8-12-21(17-20)27-24(31)18-33-26-28-22-13-6-7-14-23(22)30(26)16-15-19-9-4-3-5-10-19/h3-14,17H,15-16,18H2,1-2H3,(H,27,31). The molecule has 1 N–H and O–H groups in total. The van der Waals surface area contributed by atoms with Crippen molar-refractivity contribution in [1.29, 1.82) is 0 Å². The minimum Gasteiger partial charge on any atom is -0.345 e. The number of anilines is 1. The molecule has 1 heterocycles. The smallest absolute Gasteiger partial charge is 0.253 e. The molecule has 33 heavy (non-hydrogen) atoms. The van der Waals surface area contributed by atoms with E-state index < -0.39 is 0 Å². The van der Waals surface area contributed by atoms with E-state index in [0.29, 0.717) is 11.3 Å². The van der Waals surface area contributed by atoms with Crippen LogP contribution in [0.1, 0.15) is 15.9 Å². The average molecular weight is 459 g/mol. The first kappa shape index (κ1) is 22.6. The second-order valence-corrected chi connectivity index (χ2v) is 8.83. The van der Waals surface area contributed by atoms with Crippen LogP contribution < -0.4 is 5.32 Å². The Morgan fingerprint density at radius 3 is 2.52 bits per heavy atom. The van der Waals surface area contributed by atoms with Gasteiger partial charge in [0.05, 0.1) is 16.8 Å². The summed E-state index contributed by atoms with van der Waals surface area (Å²) in [6, 6.07) is 25.4. The molecule has 1 aromatic heterocycles. The van der Waals surface area contributed by atoms with Gasteiger partial charge in [0.15, 0.2) is 5.16 Å². The molecule has 0 unspecified atom stereocenters. The minimum atomic E-state index is -0.142. The van der Waals surface area contributed by atoms with Crippen molar-refractivity contribution in [3.63, 3.8) is 0 Å². The topological polar surface area (TPSA) is 67.2 Å². The molecule has 0 radical (unpaired) electrons. The van der Waals surface area contributed by atoms with E-state index in [0.717, 1.165) is 29.2 Å². The molecule has 0 bridgehead atoms. The number of imidazole rings is 1. The molecule has 2 amide bonds. The van der Waals surface area contributed by atoms with Gasteiger partial charge in [0.2, 0.25) is 5.91 Å². The number of carbonyl (C=O) groups excluding carboxylic acids is 2. The van der Waals surface area contributed by atoms with Crippen molar-refractivity contribution >= 4 is 40.3 Å². The molecule has 0 fully saturated rings. The maximum Gasteiger partial charge on any atom is 0.253 e. The first-order valence-electron chi connectivity index (χ1n) is 10.7. The van der Waals surface area contributed by atoms with Crippen molar-refractivity contribution in [3.8, 4) is 0 Å². The van der Waals surface area contributed by atoms with E-state index in [4.69, 9.17) is 4.98 Å². The van der Waals surface area contributed by atoms with Crippen molar-refractivity contribution in [3.05, 3.63) is 90.0 Å². The summed E-state index contributed by atoms with van der Waals surface area (Å²) in [5.74, 6) is -0.0238. The summed E-state index contributed by atoms with van der Waals surface area (Å²) in [4.78, 5) is 31.1. The Hall–Kier alpha value is -3.58. The van der Waals surface area contributed by atoms with Crippen LogP contribution >= 0.6 is 11.8 Å². The fourth-order valence-electron chi connectivity index (χ4n) is 3.58. The second-order valence-electron chi connectivity index (χ2n) is 7.89. The average Bonchev–Trinajstić information content (AvgIpc) is 3.19. The molecule has 4 rings (SSSR count). The van der Waals surface area contributed by atoms with Gasteiger partial charge >= 0.3 is 0 Å². The molecule has 0 aliphatic rings. The summed E-state index contributed by atoms with van der Waals surface area (Å²) < 4.78 is 2.18. The molecule has 3 aromatic carbocycles. The predicted octanol–water partition coefficient (Wildman–Crippen LogP) is 4.71. The van der Waals surface area contributed by atoms with Crippen LogP contribution in [0.25, 0.3) is 11.0 Å². The lowest BCUT2D eigenvalue weighted by atomic mass is 10.1.